The van der Waals surface area contributed by atoms with Gasteiger partial charge in [-0.1, -0.05) is 36.5 Å². The molecule has 0 radical (unpaired) electrons. The molecular weight excluding hydrogens is 335 g/mol. The number of nitrogens with one attached hydrogen (secondary N) is 1. The fourth-order valence-corrected chi connectivity index (χ4v) is 2.37. The zero-order chi connectivity index (χ0) is 16.8. The molecule has 5 nitrogen and oxygen atoms in total. The molecule has 0 bridgehead atoms. The van der Waals surface area contributed by atoms with Crippen molar-refractivity contribution in [3.8, 4) is 0 Å². The lowest BCUT2D eigenvalue weighted by Gasteiger charge is -2.16. The monoisotopic (exact) mass is 352 g/mol. The molecule has 0 spiro atoms. The molecule has 122 valence electrons. The number of nitrogens with zero attached hydrogens (tertiary/aromatic N) is 3. The zero-order valence-corrected chi connectivity index (χ0v) is 14.5. The molecule has 0 aliphatic heterocycles. The highest BCUT2D eigenvalue weighted by molar-refractivity contribution is 6.36. The Morgan fingerprint density at radius 3 is 2.57 bits per heavy atom. The van der Waals surface area contributed by atoms with E-state index in [1.807, 2.05) is 11.9 Å². The zero-order valence-electron chi connectivity index (χ0n) is 13.0. The van der Waals surface area contributed by atoms with Gasteiger partial charge in [-0.05, 0) is 24.6 Å². The highest BCUT2D eigenvalue weighted by Gasteiger charge is 2.11. The maximum Gasteiger partial charge on any atom is 0.258 e. The minimum atomic E-state index is -0.322. The number of amides is 1. The Morgan fingerprint density at radius 1 is 1.26 bits per heavy atom. The summed E-state index contributed by atoms with van der Waals surface area (Å²) in [6.45, 7) is 3.01. The van der Waals surface area contributed by atoms with E-state index in [1.54, 1.807) is 18.2 Å². The average Bonchev–Trinajstić information content (AvgIpc) is 2.55. The lowest BCUT2D eigenvalue weighted by Crippen LogP contribution is -2.21. The normalized spacial score (nSPS) is 10.4. The number of carbonyl (C=O) groups excluding carboxylic acids is 1. The second-order valence-corrected chi connectivity index (χ2v) is 5.97. The number of carbonyl (C=O) groups is 1. The van der Waals surface area contributed by atoms with Crippen LogP contribution in [0.3, 0.4) is 0 Å². The standard InChI is InChI=1S/C16H18Cl2N4O/c1-3-4-7-22(2)16-19-9-11(10-20-16)15(23)21-14-6-5-12(17)8-13(14)18/h5-6,8-10H,3-4,7H2,1-2H3,(H,21,23). The van der Waals surface area contributed by atoms with Gasteiger partial charge in [0.05, 0.1) is 16.3 Å². The molecule has 7 heteroatoms. The van der Waals surface area contributed by atoms with E-state index in [-0.39, 0.29) is 5.91 Å². The van der Waals surface area contributed by atoms with Crippen molar-refractivity contribution in [2.24, 2.45) is 0 Å². The SMILES string of the molecule is CCCCN(C)c1ncc(C(=O)Nc2ccc(Cl)cc2Cl)cn1. The van der Waals surface area contributed by atoms with Crippen LogP contribution >= 0.6 is 23.2 Å². The summed E-state index contributed by atoms with van der Waals surface area (Å²) in [5.74, 6) is 0.275. The molecule has 2 rings (SSSR count). The first-order chi connectivity index (χ1) is 11.0. The van der Waals surface area contributed by atoms with Crippen LogP contribution in [0.2, 0.25) is 10.0 Å². The third-order valence-corrected chi connectivity index (χ3v) is 3.82. The summed E-state index contributed by atoms with van der Waals surface area (Å²) in [6, 6.07) is 4.88. The fraction of sp³-hybridized carbons (Fsp3) is 0.312. The van der Waals surface area contributed by atoms with Gasteiger partial charge in [-0.2, -0.15) is 0 Å². The summed E-state index contributed by atoms with van der Waals surface area (Å²) >= 11 is 11.9. The highest BCUT2D eigenvalue weighted by Crippen LogP contribution is 2.25. The molecule has 2 aromatic rings. The molecular formula is C16H18Cl2N4O. The predicted octanol–water partition coefficient (Wildman–Crippen LogP) is 4.27. The van der Waals surface area contributed by atoms with E-state index in [2.05, 4.69) is 22.2 Å². The van der Waals surface area contributed by atoms with Gasteiger partial charge >= 0.3 is 0 Å². The second-order valence-electron chi connectivity index (χ2n) is 5.13. The van der Waals surface area contributed by atoms with Gasteiger partial charge in [0.15, 0.2) is 0 Å². The Balaban J connectivity index is 2.05. The van der Waals surface area contributed by atoms with E-state index in [0.717, 1.165) is 19.4 Å². The average molecular weight is 353 g/mol. The van der Waals surface area contributed by atoms with E-state index in [9.17, 15) is 4.79 Å². The molecule has 1 amide bonds. The van der Waals surface area contributed by atoms with Crippen LogP contribution in [-0.4, -0.2) is 29.5 Å². The number of halogens is 2. The summed E-state index contributed by atoms with van der Waals surface area (Å²) in [6.07, 6.45) is 5.18. The molecule has 0 atom stereocenters. The van der Waals surface area contributed by atoms with Gasteiger partial charge in [-0.15, -0.1) is 0 Å². The van der Waals surface area contributed by atoms with Crippen molar-refractivity contribution in [3.63, 3.8) is 0 Å². The Labute approximate surface area is 145 Å². The van der Waals surface area contributed by atoms with Crippen molar-refractivity contribution < 1.29 is 4.79 Å². The summed E-state index contributed by atoms with van der Waals surface area (Å²) in [5.41, 5.74) is 0.855. The third kappa shape index (κ3) is 4.81. The Bertz CT molecular complexity index is 676. The Morgan fingerprint density at radius 2 is 1.96 bits per heavy atom. The van der Waals surface area contributed by atoms with Gasteiger partial charge in [0.2, 0.25) is 5.95 Å². The fourth-order valence-electron chi connectivity index (χ4n) is 1.92. The molecule has 23 heavy (non-hydrogen) atoms. The molecule has 0 aliphatic carbocycles. The number of hydrogen-bond donors (Lipinski definition) is 1. The van der Waals surface area contributed by atoms with Gasteiger partial charge in [-0.3, -0.25) is 4.79 Å². The van der Waals surface area contributed by atoms with E-state index >= 15 is 0 Å². The number of aromatic nitrogens is 2. The molecule has 0 fully saturated rings. The van der Waals surface area contributed by atoms with E-state index in [4.69, 9.17) is 23.2 Å². The van der Waals surface area contributed by atoms with Gasteiger partial charge in [-0.25, -0.2) is 9.97 Å². The maximum absolute atomic E-state index is 12.2. The topological polar surface area (TPSA) is 58.1 Å². The van der Waals surface area contributed by atoms with Gasteiger partial charge < -0.3 is 10.2 Å². The lowest BCUT2D eigenvalue weighted by atomic mass is 10.2. The minimum Gasteiger partial charge on any atom is -0.344 e. The lowest BCUT2D eigenvalue weighted by molar-refractivity contribution is 0.102. The van der Waals surface area contributed by atoms with Crippen LogP contribution in [0.1, 0.15) is 30.1 Å². The van der Waals surface area contributed by atoms with E-state index < -0.39 is 0 Å². The molecule has 0 saturated heterocycles. The maximum atomic E-state index is 12.2. The van der Waals surface area contributed by atoms with Gasteiger partial charge in [0.1, 0.15) is 0 Å². The van der Waals surface area contributed by atoms with E-state index in [1.165, 1.54) is 12.4 Å². The number of anilines is 2. The third-order valence-electron chi connectivity index (χ3n) is 3.27. The van der Waals surface area contributed by atoms with Crippen molar-refractivity contribution in [2.75, 3.05) is 23.8 Å². The number of benzene rings is 1. The van der Waals surface area contributed by atoms with Crippen LogP contribution in [0.15, 0.2) is 30.6 Å². The van der Waals surface area contributed by atoms with Crippen LogP contribution < -0.4 is 10.2 Å². The van der Waals surface area contributed by atoms with Gasteiger partial charge in [0, 0.05) is 31.0 Å². The predicted molar refractivity (Wildman–Crippen MR) is 94.6 cm³/mol. The molecule has 1 N–H and O–H groups in total. The van der Waals surface area contributed by atoms with Gasteiger partial charge in [0.25, 0.3) is 5.91 Å². The second kappa shape index (κ2) is 8.13. The first-order valence-electron chi connectivity index (χ1n) is 7.31. The van der Waals surface area contributed by atoms with Crippen LogP contribution in [0.25, 0.3) is 0 Å². The molecule has 1 aromatic heterocycles. The summed E-state index contributed by atoms with van der Waals surface area (Å²) in [4.78, 5) is 22.6. The number of unbranched alkanes of at least 4 members (excludes halogenated alkanes) is 1. The van der Waals surface area contributed by atoms with E-state index in [0.29, 0.717) is 27.2 Å². The van der Waals surface area contributed by atoms with Crippen molar-refractivity contribution in [1.82, 2.24) is 9.97 Å². The molecule has 0 saturated carbocycles. The van der Waals surface area contributed by atoms with Crippen LogP contribution in [0.5, 0.6) is 0 Å². The van der Waals surface area contributed by atoms with Crippen LogP contribution in [0, 0.1) is 0 Å². The quantitative estimate of drug-likeness (QED) is 0.843. The molecule has 1 heterocycles. The van der Waals surface area contributed by atoms with Crippen molar-refractivity contribution in [2.45, 2.75) is 19.8 Å². The molecule has 0 aliphatic rings. The van der Waals surface area contributed by atoms with Crippen molar-refractivity contribution in [1.29, 1.82) is 0 Å². The molecule has 0 unspecified atom stereocenters. The van der Waals surface area contributed by atoms with Crippen LogP contribution in [-0.2, 0) is 0 Å². The summed E-state index contributed by atoms with van der Waals surface area (Å²) in [7, 11) is 1.93. The first kappa shape index (κ1) is 17.5. The summed E-state index contributed by atoms with van der Waals surface area (Å²) in [5, 5.41) is 3.60. The number of hydrogen-bond acceptors (Lipinski definition) is 4. The Hall–Kier alpha value is -1.85. The smallest absolute Gasteiger partial charge is 0.258 e. The highest BCUT2D eigenvalue weighted by atomic mass is 35.5. The van der Waals surface area contributed by atoms with Crippen molar-refractivity contribution in [3.05, 3.63) is 46.2 Å². The first-order valence-corrected chi connectivity index (χ1v) is 8.06. The minimum absolute atomic E-state index is 0.322. The number of rotatable bonds is 6. The van der Waals surface area contributed by atoms with Crippen molar-refractivity contribution >= 4 is 40.7 Å². The largest absolute Gasteiger partial charge is 0.344 e. The van der Waals surface area contributed by atoms with Crippen LogP contribution in [0.4, 0.5) is 11.6 Å². The Kier molecular flexibility index (Phi) is 6.19. The molecule has 1 aromatic carbocycles. The summed E-state index contributed by atoms with van der Waals surface area (Å²) < 4.78 is 0.